The highest BCUT2D eigenvalue weighted by Crippen LogP contribution is 2.36. The second kappa shape index (κ2) is 6.76. The smallest absolute Gasteiger partial charge is 0.312 e. The number of hydrogen-bond donors (Lipinski definition) is 0. The van der Waals surface area contributed by atoms with Crippen molar-refractivity contribution in [2.75, 3.05) is 12.4 Å². The summed E-state index contributed by atoms with van der Waals surface area (Å²) in [4.78, 5) is 22.1. The summed E-state index contributed by atoms with van der Waals surface area (Å²) < 4.78 is 10.7. The van der Waals surface area contributed by atoms with E-state index in [1.807, 2.05) is 0 Å². The molecule has 0 aromatic heterocycles. The van der Waals surface area contributed by atoms with Gasteiger partial charge in [0, 0.05) is 10.9 Å². The van der Waals surface area contributed by atoms with Gasteiger partial charge in [-0.05, 0) is 28.1 Å². The largest absolute Gasteiger partial charge is 0.493 e. The van der Waals surface area contributed by atoms with Crippen LogP contribution in [-0.4, -0.2) is 24.7 Å². The van der Waals surface area contributed by atoms with Crippen LogP contribution in [0.2, 0.25) is 0 Å². The molecule has 0 saturated carbocycles. The van der Waals surface area contributed by atoms with Crippen LogP contribution in [0, 0.1) is 0 Å². The first-order valence-corrected chi connectivity index (χ1v) is 6.63. The van der Waals surface area contributed by atoms with E-state index >= 15 is 0 Å². The fraction of sp³-hybridized carbons (Fsp3) is 0.273. The van der Waals surface area contributed by atoms with Crippen molar-refractivity contribution in [2.45, 2.75) is 6.42 Å². The minimum absolute atomic E-state index is 0.255. The van der Waals surface area contributed by atoms with Crippen molar-refractivity contribution in [1.29, 1.82) is 0 Å². The first kappa shape index (κ1) is 14.2. The van der Waals surface area contributed by atoms with Crippen molar-refractivity contribution in [2.24, 2.45) is 0 Å². The fourth-order valence-corrected chi connectivity index (χ4v) is 2.01. The van der Waals surface area contributed by atoms with Crippen LogP contribution in [-0.2, 0) is 4.79 Å². The second-order valence-corrected chi connectivity index (χ2v) is 4.71. The van der Waals surface area contributed by atoms with Crippen LogP contribution >= 0.6 is 31.9 Å². The molecule has 0 bridgehead atoms. The molecule has 0 radical (unpaired) electrons. The second-order valence-electron chi connectivity index (χ2n) is 3.07. The van der Waals surface area contributed by atoms with Crippen molar-refractivity contribution >= 4 is 44.1 Å². The van der Waals surface area contributed by atoms with Crippen molar-refractivity contribution in [3.8, 4) is 11.5 Å². The van der Waals surface area contributed by atoms with Gasteiger partial charge in [-0.1, -0.05) is 15.9 Å². The Kier molecular flexibility index (Phi) is 5.64. The molecule has 0 heterocycles. The van der Waals surface area contributed by atoms with Crippen LogP contribution in [0.25, 0.3) is 0 Å². The molecule has 1 rings (SSSR count). The summed E-state index contributed by atoms with van der Waals surface area (Å²) in [5.74, 6) is 0.244. The van der Waals surface area contributed by atoms with Crippen molar-refractivity contribution in [3.63, 3.8) is 0 Å². The predicted octanol–water partition coefficient (Wildman–Crippen LogP) is 2.96. The first-order chi connectivity index (χ1) is 8.12. The number of carbonyl (C=O) groups excluding carboxylic acids is 2. The molecule has 6 heteroatoms. The van der Waals surface area contributed by atoms with Gasteiger partial charge in [0.2, 0.25) is 0 Å². The molecule has 0 aliphatic heterocycles. The number of esters is 1. The molecule has 92 valence electrons. The molecule has 0 spiro atoms. The number of ether oxygens (including phenoxy) is 2. The highest BCUT2D eigenvalue weighted by molar-refractivity contribution is 9.10. The molecule has 17 heavy (non-hydrogen) atoms. The third kappa shape index (κ3) is 3.81. The molecule has 0 unspecified atom stereocenters. The van der Waals surface area contributed by atoms with E-state index in [0.29, 0.717) is 27.4 Å². The van der Waals surface area contributed by atoms with Gasteiger partial charge in [0.05, 0.1) is 18.0 Å². The maximum atomic E-state index is 11.4. The lowest BCUT2D eigenvalue weighted by atomic mass is 10.2. The Morgan fingerprint density at radius 3 is 2.71 bits per heavy atom. The Bertz CT molecular complexity index is 432. The average molecular weight is 366 g/mol. The number of halogens is 2. The summed E-state index contributed by atoms with van der Waals surface area (Å²) in [6.45, 7) is 0. The molecule has 4 nitrogen and oxygen atoms in total. The fourth-order valence-electron chi connectivity index (χ4n) is 1.15. The van der Waals surface area contributed by atoms with Crippen molar-refractivity contribution in [3.05, 3.63) is 22.2 Å². The summed E-state index contributed by atoms with van der Waals surface area (Å²) in [5, 5.41) is 0.526. The van der Waals surface area contributed by atoms with Gasteiger partial charge in [0.25, 0.3) is 0 Å². The molecule has 0 fully saturated rings. The third-order valence-corrected chi connectivity index (χ3v) is 2.89. The van der Waals surface area contributed by atoms with Gasteiger partial charge in [-0.3, -0.25) is 9.59 Å². The summed E-state index contributed by atoms with van der Waals surface area (Å²) in [7, 11) is 1.44. The molecule has 0 aliphatic carbocycles. The first-order valence-electron chi connectivity index (χ1n) is 4.71. The standard InChI is InChI=1S/C11H10Br2O4/c1-16-9-5-7(6-14)4-8(13)11(9)17-10(15)2-3-12/h4-6H,2-3H2,1H3. The van der Waals surface area contributed by atoms with Crippen LogP contribution in [0.1, 0.15) is 16.8 Å². The molecule has 0 atom stereocenters. The molecule has 0 saturated heterocycles. The minimum atomic E-state index is -0.375. The Morgan fingerprint density at radius 2 is 2.18 bits per heavy atom. The van der Waals surface area contributed by atoms with Crippen molar-refractivity contribution < 1.29 is 19.1 Å². The Balaban J connectivity index is 3.05. The normalized spacial score (nSPS) is 9.82. The van der Waals surface area contributed by atoms with Crippen LogP contribution in [0.3, 0.4) is 0 Å². The maximum Gasteiger partial charge on any atom is 0.312 e. The van der Waals surface area contributed by atoms with Gasteiger partial charge >= 0.3 is 5.97 Å². The molecule has 1 aromatic rings. The quantitative estimate of drug-likeness (QED) is 0.348. The Hall–Kier alpha value is -0.880. The number of aldehydes is 1. The monoisotopic (exact) mass is 364 g/mol. The summed E-state index contributed by atoms with van der Waals surface area (Å²) in [6.07, 6.45) is 0.947. The SMILES string of the molecule is COc1cc(C=O)cc(Br)c1OC(=O)CCBr. The zero-order valence-electron chi connectivity index (χ0n) is 9.04. The molecule has 0 aliphatic rings. The number of carbonyl (C=O) groups is 2. The number of benzene rings is 1. The van der Waals surface area contributed by atoms with E-state index in [1.165, 1.54) is 13.2 Å². The molecular formula is C11H10Br2O4. The van der Waals surface area contributed by atoms with Gasteiger partial charge in [-0.15, -0.1) is 0 Å². The van der Waals surface area contributed by atoms with E-state index in [4.69, 9.17) is 9.47 Å². The molecule has 0 N–H and O–H groups in total. The van der Waals surface area contributed by atoms with E-state index in [0.717, 1.165) is 0 Å². The number of alkyl halides is 1. The van der Waals surface area contributed by atoms with Gasteiger partial charge in [0.15, 0.2) is 11.5 Å². The predicted molar refractivity (Wildman–Crippen MR) is 70.1 cm³/mol. The highest BCUT2D eigenvalue weighted by atomic mass is 79.9. The van der Waals surface area contributed by atoms with E-state index in [-0.39, 0.29) is 18.1 Å². The summed E-state index contributed by atoms with van der Waals surface area (Å²) in [5.41, 5.74) is 0.439. The average Bonchev–Trinajstić information content (AvgIpc) is 2.31. The molecule has 1 aromatic carbocycles. The van der Waals surface area contributed by atoms with E-state index in [2.05, 4.69) is 31.9 Å². The van der Waals surface area contributed by atoms with Crippen LogP contribution < -0.4 is 9.47 Å². The van der Waals surface area contributed by atoms with Crippen LogP contribution in [0.4, 0.5) is 0 Å². The van der Waals surface area contributed by atoms with Crippen LogP contribution in [0.15, 0.2) is 16.6 Å². The van der Waals surface area contributed by atoms with Gasteiger partial charge in [-0.25, -0.2) is 0 Å². The Labute approximate surface area is 116 Å². The van der Waals surface area contributed by atoms with E-state index in [1.54, 1.807) is 6.07 Å². The highest BCUT2D eigenvalue weighted by Gasteiger charge is 2.15. The van der Waals surface area contributed by atoms with Crippen LogP contribution in [0.5, 0.6) is 11.5 Å². The Morgan fingerprint density at radius 1 is 1.47 bits per heavy atom. The van der Waals surface area contributed by atoms with Gasteiger partial charge < -0.3 is 9.47 Å². The topological polar surface area (TPSA) is 52.6 Å². The lowest BCUT2D eigenvalue weighted by Gasteiger charge is -2.11. The van der Waals surface area contributed by atoms with E-state index < -0.39 is 0 Å². The van der Waals surface area contributed by atoms with Gasteiger partial charge in [-0.2, -0.15) is 0 Å². The maximum absolute atomic E-state index is 11.4. The van der Waals surface area contributed by atoms with Gasteiger partial charge in [0.1, 0.15) is 6.29 Å². The lowest BCUT2D eigenvalue weighted by molar-refractivity contribution is -0.134. The minimum Gasteiger partial charge on any atom is -0.493 e. The summed E-state index contributed by atoms with van der Waals surface area (Å²) >= 11 is 6.38. The zero-order valence-corrected chi connectivity index (χ0v) is 12.2. The lowest BCUT2D eigenvalue weighted by Crippen LogP contribution is -2.09. The number of rotatable bonds is 5. The van der Waals surface area contributed by atoms with Crippen molar-refractivity contribution in [1.82, 2.24) is 0 Å². The number of hydrogen-bond acceptors (Lipinski definition) is 4. The van der Waals surface area contributed by atoms with E-state index in [9.17, 15) is 9.59 Å². The number of methoxy groups -OCH3 is 1. The molecule has 0 amide bonds. The third-order valence-electron chi connectivity index (χ3n) is 1.90. The molecular weight excluding hydrogens is 356 g/mol. The zero-order chi connectivity index (χ0) is 12.8. The summed E-state index contributed by atoms with van der Waals surface area (Å²) in [6, 6.07) is 3.07.